The average molecular weight is 378 g/mol. The number of rotatable bonds is 6. The van der Waals surface area contributed by atoms with Crippen LogP contribution in [0.2, 0.25) is 0 Å². The monoisotopic (exact) mass is 378 g/mol. The predicted molar refractivity (Wildman–Crippen MR) is 104 cm³/mol. The lowest BCUT2D eigenvalue weighted by atomic mass is 10.0. The van der Waals surface area contributed by atoms with Crippen LogP contribution in [-0.4, -0.2) is 31.6 Å². The van der Waals surface area contributed by atoms with E-state index in [0.29, 0.717) is 17.0 Å². The fourth-order valence-electron chi connectivity index (χ4n) is 2.89. The van der Waals surface area contributed by atoms with Gasteiger partial charge in [-0.3, -0.25) is 19.3 Å². The molecule has 3 aromatic rings. The summed E-state index contributed by atoms with van der Waals surface area (Å²) in [7, 11) is 1.80. The first-order chi connectivity index (χ1) is 13.4. The van der Waals surface area contributed by atoms with Gasteiger partial charge in [-0.25, -0.2) is 4.98 Å². The molecule has 0 bridgehead atoms. The Kier molecular flexibility index (Phi) is 5.49. The van der Waals surface area contributed by atoms with Crippen molar-refractivity contribution in [2.75, 3.05) is 0 Å². The van der Waals surface area contributed by atoms with Gasteiger partial charge < -0.3 is 11.1 Å². The third kappa shape index (κ3) is 4.06. The second kappa shape index (κ2) is 7.99. The maximum atomic E-state index is 12.7. The van der Waals surface area contributed by atoms with Gasteiger partial charge in [0.05, 0.1) is 11.6 Å². The number of pyridine rings is 1. The minimum absolute atomic E-state index is 0.147. The number of hydrogen-bond donors (Lipinski definition) is 2. The van der Waals surface area contributed by atoms with Crippen LogP contribution in [0.1, 0.15) is 46.4 Å². The van der Waals surface area contributed by atoms with E-state index in [1.165, 1.54) is 12.5 Å². The molecule has 0 unspecified atom stereocenters. The Labute approximate surface area is 162 Å². The van der Waals surface area contributed by atoms with Gasteiger partial charge in [0.2, 0.25) is 5.91 Å². The maximum absolute atomic E-state index is 12.7. The topological polar surface area (TPSA) is 116 Å². The van der Waals surface area contributed by atoms with Gasteiger partial charge in [-0.2, -0.15) is 5.10 Å². The molecule has 0 spiro atoms. The molecular weight excluding hydrogens is 356 g/mol. The lowest BCUT2D eigenvalue weighted by Gasteiger charge is -2.21. The Hall–Kier alpha value is -3.55. The molecule has 8 heteroatoms. The van der Waals surface area contributed by atoms with Crippen LogP contribution < -0.4 is 11.1 Å². The SMILES string of the molecule is CC(C)[C@H](NC(=O)c1ccc(-c2cncc(C(N)=O)c2)cc1)c1ncnn1C. The van der Waals surface area contributed by atoms with Crippen molar-refractivity contribution >= 4 is 11.8 Å². The van der Waals surface area contributed by atoms with Crippen LogP contribution in [0.25, 0.3) is 11.1 Å². The summed E-state index contributed by atoms with van der Waals surface area (Å²) >= 11 is 0. The predicted octanol–water partition coefficient (Wildman–Crippen LogP) is 2.10. The zero-order chi connectivity index (χ0) is 20.3. The van der Waals surface area contributed by atoms with E-state index < -0.39 is 5.91 Å². The van der Waals surface area contributed by atoms with Crippen molar-refractivity contribution in [2.24, 2.45) is 18.7 Å². The summed E-state index contributed by atoms with van der Waals surface area (Å²) in [5, 5.41) is 7.10. The van der Waals surface area contributed by atoms with E-state index in [1.54, 1.807) is 36.1 Å². The van der Waals surface area contributed by atoms with Gasteiger partial charge in [-0.15, -0.1) is 0 Å². The van der Waals surface area contributed by atoms with Crippen molar-refractivity contribution in [3.8, 4) is 11.1 Å². The highest BCUT2D eigenvalue weighted by molar-refractivity contribution is 5.95. The molecule has 0 aliphatic carbocycles. The van der Waals surface area contributed by atoms with Gasteiger partial charge in [0, 0.05) is 30.6 Å². The summed E-state index contributed by atoms with van der Waals surface area (Å²) in [6.45, 7) is 4.03. The Morgan fingerprint density at radius 3 is 2.36 bits per heavy atom. The highest BCUT2D eigenvalue weighted by Crippen LogP contribution is 2.22. The molecule has 0 aliphatic heterocycles. The van der Waals surface area contributed by atoms with Crippen LogP contribution >= 0.6 is 0 Å². The van der Waals surface area contributed by atoms with Gasteiger partial charge in [0.15, 0.2) is 0 Å². The smallest absolute Gasteiger partial charge is 0.251 e. The molecule has 1 aromatic carbocycles. The quantitative estimate of drug-likeness (QED) is 0.681. The van der Waals surface area contributed by atoms with Crippen LogP contribution in [0.5, 0.6) is 0 Å². The summed E-state index contributed by atoms with van der Waals surface area (Å²) in [6, 6.07) is 8.50. The first-order valence-electron chi connectivity index (χ1n) is 8.87. The molecule has 28 heavy (non-hydrogen) atoms. The van der Waals surface area contributed by atoms with Crippen molar-refractivity contribution in [3.05, 3.63) is 66.0 Å². The fraction of sp³-hybridized carbons (Fsp3) is 0.250. The average Bonchev–Trinajstić information content (AvgIpc) is 3.11. The molecule has 144 valence electrons. The number of nitrogens with two attached hydrogens (primary N) is 1. The van der Waals surface area contributed by atoms with Gasteiger partial charge in [-0.1, -0.05) is 26.0 Å². The number of carbonyl (C=O) groups excluding carboxylic acids is 2. The highest BCUT2D eigenvalue weighted by atomic mass is 16.2. The highest BCUT2D eigenvalue weighted by Gasteiger charge is 2.23. The molecule has 2 aromatic heterocycles. The molecule has 1 atom stereocenters. The van der Waals surface area contributed by atoms with Gasteiger partial charge >= 0.3 is 0 Å². The summed E-state index contributed by atoms with van der Waals surface area (Å²) < 4.78 is 1.66. The van der Waals surface area contributed by atoms with E-state index in [1.807, 2.05) is 26.0 Å². The Morgan fingerprint density at radius 1 is 1.07 bits per heavy atom. The van der Waals surface area contributed by atoms with E-state index >= 15 is 0 Å². The second-order valence-electron chi connectivity index (χ2n) is 6.84. The number of aryl methyl sites for hydroxylation is 1. The number of primary amides is 1. The largest absolute Gasteiger partial charge is 0.366 e. The zero-order valence-electron chi connectivity index (χ0n) is 16.0. The molecule has 8 nitrogen and oxygen atoms in total. The normalized spacial score (nSPS) is 12.0. The maximum Gasteiger partial charge on any atom is 0.251 e. The minimum Gasteiger partial charge on any atom is -0.366 e. The van der Waals surface area contributed by atoms with Gasteiger partial charge in [0.1, 0.15) is 12.2 Å². The van der Waals surface area contributed by atoms with E-state index in [-0.39, 0.29) is 17.9 Å². The number of carbonyl (C=O) groups is 2. The number of nitrogens with zero attached hydrogens (tertiary/aromatic N) is 4. The number of hydrogen-bond acceptors (Lipinski definition) is 5. The van der Waals surface area contributed by atoms with Crippen LogP contribution in [-0.2, 0) is 7.05 Å². The van der Waals surface area contributed by atoms with Crippen molar-refractivity contribution < 1.29 is 9.59 Å². The Bertz CT molecular complexity index is 994. The molecule has 0 fully saturated rings. The lowest BCUT2D eigenvalue weighted by Crippen LogP contribution is -2.33. The van der Waals surface area contributed by atoms with Crippen molar-refractivity contribution in [1.82, 2.24) is 25.1 Å². The third-order valence-electron chi connectivity index (χ3n) is 4.48. The summed E-state index contributed by atoms with van der Waals surface area (Å²) in [6.07, 6.45) is 4.54. The van der Waals surface area contributed by atoms with Gasteiger partial charge in [0.25, 0.3) is 5.91 Å². The van der Waals surface area contributed by atoms with Crippen molar-refractivity contribution in [3.63, 3.8) is 0 Å². The third-order valence-corrected chi connectivity index (χ3v) is 4.48. The molecule has 2 amide bonds. The Balaban J connectivity index is 1.79. The molecule has 3 rings (SSSR count). The lowest BCUT2D eigenvalue weighted by molar-refractivity contribution is 0.0921. The molecule has 0 saturated carbocycles. The number of benzene rings is 1. The molecule has 0 aliphatic rings. The van der Waals surface area contributed by atoms with Crippen molar-refractivity contribution in [2.45, 2.75) is 19.9 Å². The second-order valence-corrected chi connectivity index (χ2v) is 6.84. The molecule has 2 heterocycles. The van der Waals surface area contributed by atoms with Crippen molar-refractivity contribution in [1.29, 1.82) is 0 Å². The first-order valence-corrected chi connectivity index (χ1v) is 8.87. The van der Waals surface area contributed by atoms with Crippen LogP contribution in [0.4, 0.5) is 0 Å². The summed E-state index contributed by atoms with van der Waals surface area (Å²) in [5.74, 6) is 0.120. The van der Waals surface area contributed by atoms with Gasteiger partial charge in [-0.05, 0) is 29.7 Å². The minimum atomic E-state index is -0.533. The van der Waals surface area contributed by atoms with Crippen LogP contribution in [0.3, 0.4) is 0 Å². The Morgan fingerprint density at radius 2 is 1.79 bits per heavy atom. The van der Waals surface area contributed by atoms with Crippen LogP contribution in [0.15, 0.2) is 49.1 Å². The summed E-state index contributed by atoms with van der Waals surface area (Å²) in [5.41, 5.74) is 7.75. The van der Waals surface area contributed by atoms with Crippen LogP contribution in [0, 0.1) is 5.92 Å². The van der Waals surface area contributed by atoms with E-state index in [4.69, 9.17) is 5.73 Å². The van der Waals surface area contributed by atoms with E-state index in [2.05, 4.69) is 20.4 Å². The number of nitrogens with one attached hydrogen (secondary N) is 1. The first kappa shape index (κ1) is 19.2. The van der Waals surface area contributed by atoms with E-state index in [9.17, 15) is 9.59 Å². The number of aromatic nitrogens is 4. The van der Waals surface area contributed by atoms with E-state index in [0.717, 1.165) is 11.1 Å². The standard InChI is InChI=1S/C20H22N6O2/c1-12(2)17(19-23-11-24-26(19)3)25-20(28)14-6-4-13(5-7-14)15-8-16(18(21)27)10-22-9-15/h4-12,17H,1-3H3,(H2,21,27)(H,25,28)/t17-/m0/s1. The number of amides is 2. The molecule has 3 N–H and O–H groups in total. The molecule has 0 radical (unpaired) electrons. The summed E-state index contributed by atoms with van der Waals surface area (Å²) in [4.78, 5) is 32.3. The molecular formula is C20H22N6O2. The zero-order valence-corrected chi connectivity index (χ0v) is 16.0. The molecule has 0 saturated heterocycles. The fourth-order valence-corrected chi connectivity index (χ4v) is 2.89.